The minimum atomic E-state index is -0.898. The van der Waals surface area contributed by atoms with Crippen LogP contribution in [0.3, 0.4) is 0 Å². The maximum absolute atomic E-state index is 13.1. The van der Waals surface area contributed by atoms with Gasteiger partial charge < -0.3 is 15.3 Å². The number of amides is 2. The van der Waals surface area contributed by atoms with E-state index in [2.05, 4.69) is 5.32 Å². The third-order valence-electron chi connectivity index (χ3n) is 3.63. The van der Waals surface area contributed by atoms with E-state index in [4.69, 9.17) is 5.11 Å². The van der Waals surface area contributed by atoms with Crippen LogP contribution in [0.4, 0.5) is 9.18 Å². The fourth-order valence-corrected chi connectivity index (χ4v) is 2.61. The third kappa shape index (κ3) is 4.44. The van der Waals surface area contributed by atoms with Gasteiger partial charge in [-0.3, -0.25) is 4.79 Å². The number of urea groups is 1. The summed E-state index contributed by atoms with van der Waals surface area (Å²) in [5.74, 6) is -1.24. The highest BCUT2D eigenvalue weighted by atomic mass is 19.1. The number of hydrogen-bond acceptors (Lipinski definition) is 2. The van der Waals surface area contributed by atoms with Crippen LogP contribution in [-0.4, -0.2) is 34.6 Å². The van der Waals surface area contributed by atoms with Crippen molar-refractivity contribution in [2.24, 2.45) is 0 Å². The number of benzene rings is 1. The Hall–Kier alpha value is -2.11. The third-order valence-corrected chi connectivity index (χ3v) is 3.63. The molecule has 1 saturated heterocycles. The fraction of sp³-hybridized carbons (Fsp3) is 0.467. The van der Waals surface area contributed by atoms with Crippen LogP contribution in [-0.2, 0) is 11.3 Å². The number of nitrogens with one attached hydrogen (secondary N) is 1. The number of carbonyl (C=O) groups excluding carboxylic acids is 1. The Balaban J connectivity index is 1.92. The van der Waals surface area contributed by atoms with Crippen molar-refractivity contribution in [3.05, 3.63) is 35.6 Å². The van der Waals surface area contributed by atoms with Crippen LogP contribution in [0.1, 0.15) is 31.2 Å². The van der Waals surface area contributed by atoms with Gasteiger partial charge in [0.1, 0.15) is 5.82 Å². The lowest BCUT2D eigenvalue weighted by molar-refractivity contribution is -0.138. The molecule has 0 aromatic heterocycles. The molecule has 1 aliphatic rings. The number of carboxylic acid groups (broad SMARTS) is 1. The van der Waals surface area contributed by atoms with Gasteiger partial charge >= 0.3 is 12.0 Å². The van der Waals surface area contributed by atoms with Crippen molar-refractivity contribution in [2.45, 2.75) is 38.3 Å². The SMILES string of the molecule is O=C(O)CC1CCCCN1C(=O)NCc1cccc(F)c1. The molecule has 0 bridgehead atoms. The summed E-state index contributed by atoms with van der Waals surface area (Å²) in [6, 6.07) is 5.48. The molecular weight excluding hydrogens is 275 g/mol. The number of carboxylic acids is 1. The van der Waals surface area contributed by atoms with Crippen LogP contribution in [0, 0.1) is 5.82 Å². The minimum Gasteiger partial charge on any atom is -0.481 e. The van der Waals surface area contributed by atoms with E-state index in [1.807, 2.05) is 0 Å². The molecule has 1 heterocycles. The average molecular weight is 294 g/mol. The van der Waals surface area contributed by atoms with Gasteiger partial charge in [0.05, 0.1) is 6.42 Å². The smallest absolute Gasteiger partial charge is 0.317 e. The molecule has 0 saturated carbocycles. The van der Waals surface area contributed by atoms with Crippen molar-refractivity contribution >= 4 is 12.0 Å². The Morgan fingerprint density at radius 2 is 2.19 bits per heavy atom. The zero-order valence-electron chi connectivity index (χ0n) is 11.7. The highest BCUT2D eigenvalue weighted by molar-refractivity contribution is 5.76. The molecule has 1 aromatic rings. The summed E-state index contributed by atoms with van der Waals surface area (Å²) in [5.41, 5.74) is 0.676. The van der Waals surface area contributed by atoms with Crippen molar-refractivity contribution in [1.29, 1.82) is 0 Å². The van der Waals surface area contributed by atoms with Crippen LogP contribution >= 0.6 is 0 Å². The first-order valence-electron chi connectivity index (χ1n) is 7.07. The predicted molar refractivity (Wildman–Crippen MR) is 75.2 cm³/mol. The number of rotatable bonds is 4. The summed E-state index contributed by atoms with van der Waals surface area (Å²) in [6.45, 7) is 0.791. The van der Waals surface area contributed by atoms with Gasteiger partial charge in [-0.25, -0.2) is 9.18 Å². The van der Waals surface area contributed by atoms with E-state index in [0.29, 0.717) is 18.5 Å². The first-order chi connectivity index (χ1) is 10.1. The van der Waals surface area contributed by atoms with Crippen molar-refractivity contribution in [1.82, 2.24) is 10.2 Å². The Bertz CT molecular complexity index is 521. The highest BCUT2D eigenvalue weighted by Crippen LogP contribution is 2.19. The standard InChI is InChI=1S/C15H19FN2O3/c16-12-5-3-4-11(8-12)10-17-15(21)18-7-2-1-6-13(18)9-14(19)20/h3-5,8,13H,1-2,6-7,9-10H2,(H,17,21)(H,19,20). The van der Waals surface area contributed by atoms with E-state index in [0.717, 1.165) is 12.8 Å². The largest absolute Gasteiger partial charge is 0.481 e. The van der Waals surface area contributed by atoms with Crippen molar-refractivity contribution in [2.75, 3.05) is 6.54 Å². The van der Waals surface area contributed by atoms with Gasteiger partial charge in [0, 0.05) is 19.1 Å². The molecule has 5 nitrogen and oxygen atoms in total. The number of nitrogens with zero attached hydrogens (tertiary/aromatic N) is 1. The second-order valence-electron chi connectivity index (χ2n) is 5.23. The molecular formula is C15H19FN2O3. The maximum atomic E-state index is 13.1. The van der Waals surface area contributed by atoms with Crippen LogP contribution in [0.2, 0.25) is 0 Å². The number of halogens is 1. The topological polar surface area (TPSA) is 69.6 Å². The normalized spacial score (nSPS) is 18.3. The summed E-state index contributed by atoms with van der Waals surface area (Å²) >= 11 is 0. The lowest BCUT2D eigenvalue weighted by Gasteiger charge is -2.34. The van der Waals surface area contributed by atoms with Crippen molar-refractivity contribution in [3.63, 3.8) is 0 Å². The van der Waals surface area contributed by atoms with E-state index in [1.54, 1.807) is 17.0 Å². The number of piperidine rings is 1. The fourth-order valence-electron chi connectivity index (χ4n) is 2.61. The van der Waals surface area contributed by atoms with Gasteiger partial charge in [-0.2, -0.15) is 0 Å². The number of carbonyl (C=O) groups is 2. The van der Waals surface area contributed by atoms with Crippen molar-refractivity contribution in [3.8, 4) is 0 Å². The quantitative estimate of drug-likeness (QED) is 0.895. The van der Waals surface area contributed by atoms with Gasteiger partial charge in [-0.1, -0.05) is 12.1 Å². The Morgan fingerprint density at radius 3 is 2.90 bits per heavy atom. The molecule has 2 amide bonds. The molecule has 1 fully saturated rings. The monoisotopic (exact) mass is 294 g/mol. The van der Waals surface area contributed by atoms with E-state index in [-0.39, 0.29) is 30.9 Å². The van der Waals surface area contributed by atoms with Gasteiger partial charge in [-0.15, -0.1) is 0 Å². The maximum Gasteiger partial charge on any atom is 0.317 e. The first kappa shape index (κ1) is 15.3. The summed E-state index contributed by atoms with van der Waals surface area (Å²) < 4.78 is 13.1. The molecule has 2 N–H and O–H groups in total. The summed E-state index contributed by atoms with van der Waals surface area (Å²) in [6.07, 6.45) is 2.49. The molecule has 114 valence electrons. The average Bonchev–Trinajstić information content (AvgIpc) is 2.45. The Labute approximate surface area is 122 Å². The van der Waals surface area contributed by atoms with Gasteiger partial charge in [0.2, 0.25) is 0 Å². The van der Waals surface area contributed by atoms with Gasteiger partial charge in [0.25, 0.3) is 0 Å². The molecule has 21 heavy (non-hydrogen) atoms. The van der Waals surface area contributed by atoms with Crippen LogP contribution in [0.25, 0.3) is 0 Å². The van der Waals surface area contributed by atoms with Crippen LogP contribution in [0.15, 0.2) is 24.3 Å². The summed E-state index contributed by atoms with van der Waals surface area (Å²) in [4.78, 5) is 24.6. The van der Waals surface area contributed by atoms with E-state index < -0.39 is 5.97 Å². The van der Waals surface area contributed by atoms with Gasteiger partial charge in [-0.05, 0) is 37.0 Å². The zero-order chi connectivity index (χ0) is 15.2. The molecule has 0 spiro atoms. The highest BCUT2D eigenvalue weighted by Gasteiger charge is 2.28. The Kier molecular flexibility index (Phi) is 5.14. The predicted octanol–water partition coefficient (Wildman–Crippen LogP) is 2.36. The molecule has 1 aliphatic heterocycles. The molecule has 1 atom stereocenters. The second kappa shape index (κ2) is 7.06. The Morgan fingerprint density at radius 1 is 1.38 bits per heavy atom. The molecule has 1 unspecified atom stereocenters. The first-order valence-corrected chi connectivity index (χ1v) is 7.07. The zero-order valence-corrected chi connectivity index (χ0v) is 11.7. The lowest BCUT2D eigenvalue weighted by atomic mass is 10.00. The molecule has 0 aliphatic carbocycles. The van der Waals surface area contributed by atoms with Crippen LogP contribution in [0.5, 0.6) is 0 Å². The summed E-state index contributed by atoms with van der Waals surface area (Å²) in [5, 5.41) is 11.6. The molecule has 1 aromatic carbocycles. The lowest BCUT2D eigenvalue weighted by Crippen LogP contribution is -2.49. The van der Waals surface area contributed by atoms with E-state index in [9.17, 15) is 14.0 Å². The minimum absolute atomic E-state index is 0.0343. The number of likely N-dealkylation sites (tertiary alicyclic amines) is 1. The van der Waals surface area contributed by atoms with Crippen molar-refractivity contribution < 1.29 is 19.1 Å². The molecule has 6 heteroatoms. The molecule has 0 radical (unpaired) electrons. The second-order valence-corrected chi connectivity index (χ2v) is 5.23. The molecule has 2 rings (SSSR count). The van der Waals surface area contributed by atoms with Gasteiger partial charge in [0.15, 0.2) is 0 Å². The summed E-state index contributed by atoms with van der Waals surface area (Å²) in [7, 11) is 0. The number of aliphatic carboxylic acids is 1. The van der Waals surface area contributed by atoms with E-state index in [1.165, 1.54) is 12.1 Å². The number of hydrogen-bond donors (Lipinski definition) is 2. The van der Waals surface area contributed by atoms with Crippen LogP contribution < -0.4 is 5.32 Å². The van der Waals surface area contributed by atoms with E-state index >= 15 is 0 Å².